The summed E-state index contributed by atoms with van der Waals surface area (Å²) in [6.07, 6.45) is 0.810. The first-order valence-corrected chi connectivity index (χ1v) is 5.33. The number of rotatable bonds is 2. The summed E-state index contributed by atoms with van der Waals surface area (Å²) in [6, 6.07) is 0. The summed E-state index contributed by atoms with van der Waals surface area (Å²) < 4.78 is 1.60. The molecule has 4 nitrogen and oxygen atoms in total. The zero-order chi connectivity index (χ0) is 11.8. The Morgan fingerprint density at radius 3 is 2.27 bits per heavy atom. The van der Waals surface area contributed by atoms with Crippen molar-refractivity contribution >= 4 is 5.69 Å². The zero-order valence-electron chi connectivity index (χ0n) is 10.2. The molecular formula is C11H21N3O. The van der Waals surface area contributed by atoms with Crippen LogP contribution in [0.2, 0.25) is 0 Å². The van der Waals surface area contributed by atoms with Gasteiger partial charge in [0, 0.05) is 0 Å². The van der Waals surface area contributed by atoms with E-state index in [-0.39, 0.29) is 11.1 Å². The van der Waals surface area contributed by atoms with E-state index in [0.29, 0.717) is 11.6 Å². The van der Waals surface area contributed by atoms with Gasteiger partial charge < -0.3 is 5.73 Å². The molecule has 86 valence electrons. The first-order chi connectivity index (χ1) is 6.73. The molecule has 1 aromatic rings. The quantitative estimate of drug-likeness (QED) is 0.782. The molecule has 4 heteroatoms. The van der Waals surface area contributed by atoms with Gasteiger partial charge in [-0.2, -0.15) is 0 Å². The Bertz CT molecular complexity index is 393. The van der Waals surface area contributed by atoms with Gasteiger partial charge >= 0.3 is 0 Å². The smallest absolute Gasteiger partial charge is 0.290 e. The highest BCUT2D eigenvalue weighted by molar-refractivity contribution is 5.41. The second-order valence-corrected chi connectivity index (χ2v) is 5.41. The van der Waals surface area contributed by atoms with Crippen molar-refractivity contribution in [3.8, 4) is 0 Å². The third-order valence-corrected chi connectivity index (χ3v) is 2.29. The van der Waals surface area contributed by atoms with Gasteiger partial charge in [0.25, 0.3) is 5.56 Å². The average molecular weight is 211 g/mol. The Hall–Kier alpha value is -1.19. The molecule has 3 N–H and O–H groups in total. The molecule has 0 atom stereocenters. The van der Waals surface area contributed by atoms with E-state index >= 15 is 0 Å². The second kappa shape index (κ2) is 3.76. The number of anilines is 1. The van der Waals surface area contributed by atoms with E-state index < -0.39 is 0 Å². The zero-order valence-corrected chi connectivity index (χ0v) is 10.2. The van der Waals surface area contributed by atoms with E-state index in [4.69, 9.17) is 5.73 Å². The number of nitrogens with zero attached hydrogens (tertiary/aromatic N) is 1. The summed E-state index contributed by atoms with van der Waals surface area (Å²) in [6.45, 7) is 10.1. The molecule has 0 aliphatic carbocycles. The van der Waals surface area contributed by atoms with Gasteiger partial charge in [0.2, 0.25) is 0 Å². The molecule has 0 aliphatic rings. The number of aromatic amines is 1. The molecule has 0 radical (unpaired) electrons. The molecule has 0 aliphatic heterocycles. The number of nitrogen functional groups attached to an aromatic ring is 1. The third-order valence-electron chi connectivity index (χ3n) is 2.29. The van der Waals surface area contributed by atoms with Gasteiger partial charge in [-0.05, 0) is 33.1 Å². The Morgan fingerprint density at radius 2 is 1.93 bits per heavy atom. The molecule has 0 bridgehead atoms. The van der Waals surface area contributed by atoms with Crippen molar-refractivity contribution in [1.82, 2.24) is 9.78 Å². The molecule has 1 aromatic heterocycles. The summed E-state index contributed by atoms with van der Waals surface area (Å²) in [5.74, 6) is 0.485. The number of H-pyrrole nitrogens is 1. The van der Waals surface area contributed by atoms with E-state index in [0.717, 1.165) is 12.1 Å². The lowest BCUT2D eigenvalue weighted by Crippen LogP contribution is -2.33. The second-order valence-electron chi connectivity index (χ2n) is 5.41. The van der Waals surface area contributed by atoms with Crippen LogP contribution in [0.25, 0.3) is 0 Å². The fraction of sp³-hybridized carbons (Fsp3) is 0.727. The van der Waals surface area contributed by atoms with Crippen LogP contribution in [0.1, 0.15) is 40.3 Å². The molecular weight excluding hydrogens is 190 g/mol. The van der Waals surface area contributed by atoms with Crippen molar-refractivity contribution < 1.29 is 0 Å². The maximum atomic E-state index is 11.8. The van der Waals surface area contributed by atoms with E-state index in [1.165, 1.54) is 0 Å². The average Bonchev–Trinajstić information content (AvgIpc) is 2.30. The largest absolute Gasteiger partial charge is 0.393 e. The predicted molar refractivity (Wildman–Crippen MR) is 63.0 cm³/mol. The van der Waals surface area contributed by atoms with Crippen LogP contribution < -0.4 is 11.3 Å². The van der Waals surface area contributed by atoms with Gasteiger partial charge in [-0.3, -0.25) is 9.89 Å². The van der Waals surface area contributed by atoms with Gasteiger partial charge in [-0.15, -0.1) is 0 Å². The summed E-state index contributed by atoms with van der Waals surface area (Å²) in [7, 11) is 0. The lowest BCUT2D eigenvalue weighted by Gasteiger charge is -2.19. The fourth-order valence-electron chi connectivity index (χ4n) is 1.53. The highest BCUT2D eigenvalue weighted by atomic mass is 16.1. The fourth-order valence-corrected chi connectivity index (χ4v) is 1.53. The summed E-state index contributed by atoms with van der Waals surface area (Å²) in [5.41, 5.74) is 6.63. The van der Waals surface area contributed by atoms with E-state index in [9.17, 15) is 4.79 Å². The number of nitrogens with two attached hydrogens (primary N) is 1. The number of nitrogens with one attached hydrogen (secondary N) is 1. The van der Waals surface area contributed by atoms with Crippen LogP contribution in [0.15, 0.2) is 4.79 Å². The van der Waals surface area contributed by atoms with Crippen molar-refractivity contribution in [3.63, 3.8) is 0 Å². The van der Waals surface area contributed by atoms with Crippen LogP contribution in [0.4, 0.5) is 5.69 Å². The molecule has 0 saturated heterocycles. The molecule has 1 heterocycles. The number of hydrogen-bond donors (Lipinski definition) is 2. The first-order valence-electron chi connectivity index (χ1n) is 5.33. The minimum atomic E-state index is -0.250. The molecule has 0 fully saturated rings. The van der Waals surface area contributed by atoms with Gasteiger partial charge in [0.1, 0.15) is 5.69 Å². The van der Waals surface area contributed by atoms with Gasteiger partial charge in [0.15, 0.2) is 0 Å². The number of aromatic nitrogens is 2. The topological polar surface area (TPSA) is 63.8 Å². The van der Waals surface area contributed by atoms with Crippen LogP contribution in [-0.4, -0.2) is 9.78 Å². The first kappa shape index (κ1) is 11.9. The van der Waals surface area contributed by atoms with Crippen molar-refractivity contribution in [2.24, 2.45) is 5.92 Å². The molecule has 0 spiro atoms. The maximum Gasteiger partial charge on any atom is 0.290 e. The monoisotopic (exact) mass is 211 g/mol. The van der Waals surface area contributed by atoms with Crippen LogP contribution in [-0.2, 0) is 12.0 Å². The van der Waals surface area contributed by atoms with Crippen LogP contribution in [0.3, 0.4) is 0 Å². The highest BCUT2D eigenvalue weighted by Crippen LogP contribution is 2.15. The van der Waals surface area contributed by atoms with Crippen LogP contribution in [0, 0.1) is 5.92 Å². The number of hydrogen-bond acceptors (Lipinski definition) is 2. The van der Waals surface area contributed by atoms with Crippen molar-refractivity contribution in [3.05, 3.63) is 16.0 Å². The maximum absolute atomic E-state index is 11.8. The molecule has 0 saturated carbocycles. The van der Waals surface area contributed by atoms with Crippen LogP contribution in [0.5, 0.6) is 0 Å². The summed E-state index contributed by atoms with van der Waals surface area (Å²) in [4.78, 5) is 11.8. The summed E-state index contributed by atoms with van der Waals surface area (Å²) >= 11 is 0. The van der Waals surface area contributed by atoms with E-state index in [1.807, 2.05) is 20.8 Å². The van der Waals surface area contributed by atoms with Crippen molar-refractivity contribution in [1.29, 1.82) is 0 Å². The summed E-state index contributed by atoms with van der Waals surface area (Å²) in [5, 5.41) is 3.10. The predicted octanol–water partition coefficient (Wildman–Crippen LogP) is 1.71. The minimum Gasteiger partial charge on any atom is -0.393 e. The van der Waals surface area contributed by atoms with Crippen molar-refractivity contribution in [2.45, 2.75) is 46.6 Å². The molecule has 0 aromatic carbocycles. The van der Waals surface area contributed by atoms with Crippen LogP contribution >= 0.6 is 0 Å². The van der Waals surface area contributed by atoms with Gasteiger partial charge in [0.05, 0.1) is 11.2 Å². The normalized spacial score (nSPS) is 12.4. The SMILES string of the molecule is CC(C)Cc1[nH]n(C(C)(C)C)c(=O)c1N. The van der Waals surface area contributed by atoms with Crippen molar-refractivity contribution in [2.75, 3.05) is 5.73 Å². The third kappa shape index (κ3) is 2.43. The molecule has 0 unspecified atom stereocenters. The Morgan fingerprint density at radius 1 is 1.40 bits per heavy atom. The minimum absolute atomic E-state index is 0.113. The van der Waals surface area contributed by atoms with Gasteiger partial charge in [-0.25, -0.2) is 4.68 Å². The molecule has 15 heavy (non-hydrogen) atoms. The Kier molecular flexibility index (Phi) is 2.98. The van der Waals surface area contributed by atoms with Gasteiger partial charge in [-0.1, -0.05) is 13.8 Å². The Balaban J connectivity index is 3.19. The molecule has 1 rings (SSSR count). The highest BCUT2D eigenvalue weighted by Gasteiger charge is 2.20. The Labute approximate surface area is 90.5 Å². The molecule has 0 amide bonds. The standard InChI is InChI=1S/C11H21N3O/c1-7(2)6-8-9(12)10(15)14(13-8)11(3,4)5/h7,13H,6,12H2,1-5H3. The van der Waals surface area contributed by atoms with E-state index in [2.05, 4.69) is 18.9 Å². The lowest BCUT2D eigenvalue weighted by atomic mass is 10.1. The lowest BCUT2D eigenvalue weighted by molar-refractivity contribution is 0.342. The van der Waals surface area contributed by atoms with E-state index in [1.54, 1.807) is 4.68 Å².